The summed E-state index contributed by atoms with van der Waals surface area (Å²) in [5, 5.41) is 9.27. The normalized spacial score (nSPS) is 24.0. The molecule has 0 bridgehead atoms. The number of hydrogen-bond acceptors (Lipinski definition) is 2. The van der Waals surface area contributed by atoms with Gasteiger partial charge in [-0.1, -0.05) is 45.0 Å². The first-order valence-corrected chi connectivity index (χ1v) is 8.35. The van der Waals surface area contributed by atoms with Gasteiger partial charge in [-0.2, -0.15) is 0 Å². The summed E-state index contributed by atoms with van der Waals surface area (Å²) in [5.41, 5.74) is 8.13. The van der Waals surface area contributed by atoms with E-state index in [0.717, 1.165) is 11.5 Å². The fraction of sp³-hybridized carbons (Fsp3) is 0.632. The summed E-state index contributed by atoms with van der Waals surface area (Å²) in [7, 11) is 0. The maximum Gasteiger partial charge on any atom is 0.312 e. The van der Waals surface area contributed by atoms with Crippen molar-refractivity contribution in [2.45, 2.75) is 58.3 Å². The molecule has 1 aromatic rings. The first-order chi connectivity index (χ1) is 10.3. The van der Waals surface area contributed by atoms with Crippen molar-refractivity contribution in [3.63, 3.8) is 0 Å². The van der Waals surface area contributed by atoms with Crippen LogP contribution >= 0.6 is 0 Å². The van der Waals surface area contributed by atoms with Gasteiger partial charge in [0.05, 0.1) is 5.92 Å². The zero-order valence-electron chi connectivity index (χ0n) is 14.0. The largest absolute Gasteiger partial charge is 0.481 e. The average molecular weight is 303 g/mol. The minimum atomic E-state index is -0.837. The number of carbonyl (C=O) groups is 1. The lowest BCUT2D eigenvalue weighted by Gasteiger charge is -2.37. The maximum absolute atomic E-state index is 11.3. The second-order valence-corrected chi connectivity index (χ2v) is 7.71. The van der Waals surface area contributed by atoms with Gasteiger partial charge in [0.15, 0.2) is 0 Å². The highest BCUT2D eigenvalue weighted by atomic mass is 16.4. The molecule has 1 unspecified atom stereocenters. The van der Waals surface area contributed by atoms with Crippen LogP contribution in [-0.2, 0) is 4.79 Å². The molecule has 1 fully saturated rings. The van der Waals surface area contributed by atoms with Gasteiger partial charge in [-0.15, -0.1) is 0 Å². The SMILES string of the molecule is CC(C)(C)C1CCC(c2cccc(C(CN)C(=O)O)c2)CC1. The van der Waals surface area contributed by atoms with Crippen molar-refractivity contribution in [2.75, 3.05) is 6.54 Å². The van der Waals surface area contributed by atoms with E-state index in [4.69, 9.17) is 5.73 Å². The topological polar surface area (TPSA) is 63.3 Å². The Balaban J connectivity index is 2.10. The molecule has 22 heavy (non-hydrogen) atoms. The molecule has 3 nitrogen and oxygen atoms in total. The monoisotopic (exact) mass is 303 g/mol. The molecule has 0 radical (unpaired) electrons. The molecule has 1 aliphatic carbocycles. The molecule has 1 aliphatic rings. The van der Waals surface area contributed by atoms with Crippen LogP contribution in [0, 0.1) is 11.3 Å². The van der Waals surface area contributed by atoms with Crippen LogP contribution in [0.2, 0.25) is 0 Å². The summed E-state index contributed by atoms with van der Waals surface area (Å²) in [6.45, 7) is 7.14. The van der Waals surface area contributed by atoms with Crippen molar-refractivity contribution >= 4 is 5.97 Å². The molecule has 0 aliphatic heterocycles. The van der Waals surface area contributed by atoms with E-state index in [9.17, 15) is 9.90 Å². The highest BCUT2D eigenvalue weighted by Crippen LogP contribution is 2.43. The number of aliphatic carboxylic acids is 1. The Morgan fingerprint density at radius 1 is 1.27 bits per heavy atom. The standard InChI is InChI=1S/C19H29NO2/c1-19(2,3)16-9-7-13(8-10-16)14-5-4-6-15(11-14)17(12-20)18(21)22/h4-6,11,13,16-17H,7-10,12,20H2,1-3H3,(H,21,22). The van der Waals surface area contributed by atoms with E-state index < -0.39 is 11.9 Å². The van der Waals surface area contributed by atoms with Gasteiger partial charge in [-0.05, 0) is 54.1 Å². The van der Waals surface area contributed by atoms with Gasteiger partial charge in [-0.3, -0.25) is 4.79 Å². The predicted molar refractivity (Wildman–Crippen MR) is 90.0 cm³/mol. The van der Waals surface area contributed by atoms with Gasteiger partial charge in [-0.25, -0.2) is 0 Å². The van der Waals surface area contributed by atoms with E-state index in [1.54, 1.807) is 0 Å². The van der Waals surface area contributed by atoms with Gasteiger partial charge in [0, 0.05) is 6.54 Å². The summed E-state index contributed by atoms with van der Waals surface area (Å²) in [5.74, 6) is -0.0736. The van der Waals surface area contributed by atoms with E-state index >= 15 is 0 Å². The fourth-order valence-corrected chi connectivity index (χ4v) is 3.70. The highest BCUT2D eigenvalue weighted by molar-refractivity contribution is 5.76. The van der Waals surface area contributed by atoms with Gasteiger partial charge in [0.25, 0.3) is 0 Å². The van der Waals surface area contributed by atoms with Gasteiger partial charge in [0.2, 0.25) is 0 Å². The first-order valence-electron chi connectivity index (χ1n) is 8.35. The summed E-state index contributed by atoms with van der Waals surface area (Å²) in [6, 6.07) is 8.07. The molecule has 0 amide bonds. The molecule has 1 aromatic carbocycles. The lowest BCUT2D eigenvalue weighted by Crippen LogP contribution is -2.25. The van der Waals surface area contributed by atoms with Gasteiger partial charge in [0.1, 0.15) is 0 Å². The van der Waals surface area contributed by atoms with Crippen molar-refractivity contribution in [2.24, 2.45) is 17.1 Å². The number of rotatable bonds is 4. The average Bonchev–Trinajstić information content (AvgIpc) is 2.47. The van der Waals surface area contributed by atoms with Crippen LogP contribution in [0.15, 0.2) is 24.3 Å². The number of hydrogen-bond donors (Lipinski definition) is 2. The third kappa shape index (κ3) is 3.89. The minimum Gasteiger partial charge on any atom is -0.481 e. The summed E-state index contributed by atoms with van der Waals surface area (Å²) in [6.07, 6.45) is 4.92. The Kier molecular flexibility index (Phi) is 5.28. The van der Waals surface area contributed by atoms with Crippen LogP contribution in [-0.4, -0.2) is 17.6 Å². The van der Waals surface area contributed by atoms with E-state index in [-0.39, 0.29) is 6.54 Å². The van der Waals surface area contributed by atoms with Gasteiger partial charge < -0.3 is 10.8 Å². The Hall–Kier alpha value is -1.35. The highest BCUT2D eigenvalue weighted by Gasteiger charge is 2.30. The molecule has 0 heterocycles. The smallest absolute Gasteiger partial charge is 0.312 e. The molecular weight excluding hydrogens is 274 g/mol. The fourth-order valence-electron chi connectivity index (χ4n) is 3.70. The zero-order valence-corrected chi connectivity index (χ0v) is 14.0. The van der Waals surface area contributed by atoms with Crippen molar-refractivity contribution < 1.29 is 9.90 Å². The summed E-state index contributed by atoms with van der Waals surface area (Å²) >= 11 is 0. The van der Waals surface area contributed by atoms with Crippen LogP contribution in [0.1, 0.15) is 69.4 Å². The minimum absolute atomic E-state index is 0.148. The Bertz CT molecular complexity index is 510. The van der Waals surface area contributed by atoms with E-state index in [1.807, 2.05) is 12.1 Å². The Labute approximate surface area is 133 Å². The molecule has 0 spiro atoms. The van der Waals surface area contributed by atoms with E-state index in [2.05, 4.69) is 32.9 Å². The molecule has 1 saturated carbocycles. The molecule has 0 saturated heterocycles. The second-order valence-electron chi connectivity index (χ2n) is 7.71. The molecule has 3 heteroatoms. The first kappa shape index (κ1) is 17.0. The van der Waals surface area contributed by atoms with Crippen molar-refractivity contribution in [3.8, 4) is 0 Å². The van der Waals surface area contributed by atoms with E-state index in [0.29, 0.717) is 11.3 Å². The lowest BCUT2D eigenvalue weighted by molar-refractivity contribution is -0.138. The summed E-state index contributed by atoms with van der Waals surface area (Å²) in [4.78, 5) is 11.3. The molecule has 3 N–H and O–H groups in total. The van der Waals surface area contributed by atoms with Crippen LogP contribution in [0.3, 0.4) is 0 Å². The van der Waals surface area contributed by atoms with Crippen LogP contribution in [0.25, 0.3) is 0 Å². The summed E-state index contributed by atoms with van der Waals surface area (Å²) < 4.78 is 0. The van der Waals surface area contributed by atoms with Crippen molar-refractivity contribution in [1.29, 1.82) is 0 Å². The number of carboxylic acids is 1. The van der Waals surface area contributed by atoms with Crippen LogP contribution in [0.5, 0.6) is 0 Å². The Morgan fingerprint density at radius 2 is 1.91 bits per heavy atom. The van der Waals surface area contributed by atoms with Crippen LogP contribution in [0.4, 0.5) is 0 Å². The molecule has 1 atom stereocenters. The van der Waals surface area contributed by atoms with Gasteiger partial charge >= 0.3 is 5.97 Å². The Morgan fingerprint density at radius 3 is 2.41 bits per heavy atom. The number of benzene rings is 1. The van der Waals surface area contributed by atoms with Crippen molar-refractivity contribution in [1.82, 2.24) is 0 Å². The second kappa shape index (κ2) is 6.82. The maximum atomic E-state index is 11.3. The third-order valence-corrected chi connectivity index (χ3v) is 5.27. The molecule has 0 aromatic heterocycles. The zero-order chi connectivity index (χ0) is 16.3. The number of nitrogens with two attached hydrogens (primary N) is 1. The van der Waals surface area contributed by atoms with E-state index in [1.165, 1.54) is 31.2 Å². The number of carboxylic acid groups (broad SMARTS) is 1. The van der Waals surface area contributed by atoms with Crippen LogP contribution < -0.4 is 5.73 Å². The lowest BCUT2D eigenvalue weighted by atomic mass is 9.68. The molecule has 2 rings (SSSR count). The predicted octanol–water partition coefficient (Wildman–Crippen LogP) is 4.13. The quantitative estimate of drug-likeness (QED) is 0.879. The van der Waals surface area contributed by atoms with Crippen molar-refractivity contribution in [3.05, 3.63) is 35.4 Å². The molecular formula is C19H29NO2. The molecule has 122 valence electrons. The third-order valence-electron chi connectivity index (χ3n) is 5.27.